The molecule has 214 valence electrons. The molecule has 2 N–H and O–H groups in total. The highest BCUT2D eigenvalue weighted by Crippen LogP contribution is 2.44. The number of benzene rings is 3. The van der Waals surface area contributed by atoms with Crippen molar-refractivity contribution in [3.05, 3.63) is 95.6 Å². The Bertz CT molecular complexity index is 1350. The van der Waals surface area contributed by atoms with Gasteiger partial charge in [-0.3, -0.25) is 9.59 Å². The van der Waals surface area contributed by atoms with Gasteiger partial charge in [0.1, 0.15) is 12.6 Å². The van der Waals surface area contributed by atoms with Crippen molar-refractivity contribution in [2.45, 2.75) is 51.4 Å². The Morgan fingerprint density at radius 3 is 2.07 bits per heavy atom. The number of carboxylic acids is 1. The van der Waals surface area contributed by atoms with Crippen LogP contribution < -0.4 is 5.32 Å². The summed E-state index contributed by atoms with van der Waals surface area (Å²) in [5, 5.41) is 12.4. The predicted octanol–water partition coefficient (Wildman–Crippen LogP) is 5.21. The Kier molecular flexibility index (Phi) is 8.40. The molecule has 3 aromatic carbocycles. The number of nitrogens with zero attached hydrogens (tertiary/aromatic N) is 1. The van der Waals surface area contributed by atoms with Crippen LogP contribution in [-0.2, 0) is 25.7 Å². The Morgan fingerprint density at radius 2 is 1.49 bits per heavy atom. The molecule has 8 nitrogen and oxygen atoms in total. The van der Waals surface area contributed by atoms with E-state index < -0.39 is 29.6 Å². The SMILES string of the molecule is CC(OCc1ccccc1)C(NC(=O)OCC1c2ccccc2-c2ccccc21)C(=O)N1CCC(C)(C(=O)O)CC1. The van der Waals surface area contributed by atoms with Gasteiger partial charge < -0.3 is 24.8 Å². The van der Waals surface area contributed by atoms with Crippen molar-refractivity contribution in [1.82, 2.24) is 10.2 Å². The van der Waals surface area contributed by atoms with Gasteiger partial charge >= 0.3 is 12.1 Å². The van der Waals surface area contributed by atoms with Crippen LogP contribution in [0.2, 0.25) is 0 Å². The fraction of sp³-hybridized carbons (Fsp3) is 0.364. The summed E-state index contributed by atoms with van der Waals surface area (Å²) in [6.07, 6.45) is -0.681. The van der Waals surface area contributed by atoms with Gasteiger partial charge in [0.25, 0.3) is 0 Å². The fourth-order valence-electron chi connectivity index (χ4n) is 5.68. The van der Waals surface area contributed by atoms with E-state index in [9.17, 15) is 19.5 Å². The van der Waals surface area contributed by atoms with Crippen LogP contribution in [0.3, 0.4) is 0 Å². The first-order valence-electron chi connectivity index (χ1n) is 14.1. The number of carbonyl (C=O) groups excluding carboxylic acids is 2. The van der Waals surface area contributed by atoms with E-state index in [1.54, 1.807) is 18.7 Å². The van der Waals surface area contributed by atoms with Crippen molar-refractivity contribution in [3.63, 3.8) is 0 Å². The van der Waals surface area contributed by atoms with Crippen molar-refractivity contribution >= 4 is 18.0 Å². The van der Waals surface area contributed by atoms with E-state index in [0.717, 1.165) is 27.8 Å². The van der Waals surface area contributed by atoms with E-state index in [1.807, 2.05) is 66.7 Å². The van der Waals surface area contributed by atoms with Gasteiger partial charge in [0.05, 0.1) is 18.1 Å². The number of carboxylic acid groups (broad SMARTS) is 1. The molecule has 0 spiro atoms. The van der Waals surface area contributed by atoms with Gasteiger partial charge in [0.15, 0.2) is 0 Å². The van der Waals surface area contributed by atoms with Gasteiger partial charge in [-0.15, -0.1) is 0 Å². The van der Waals surface area contributed by atoms with Gasteiger partial charge in [0.2, 0.25) is 5.91 Å². The van der Waals surface area contributed by atoms with Crippen LogP contribution in [0, 0.1) is 5.41 Å². The van der Waals surface area contributed by atoms with Crippen LogP contribution in [0.5, 0.6) is 0 Å². The third-order valence-corrected chi connectivity index (χ3v) is 8.40. The summed E-state index contributed by atoms with van der Waals surface area (Å²) in [5.74, 6) is -1.28. The Morgan fingerprint density at radius 1 is 0.927 bits per heavy atom. The second-order valence-electron chi connectivity index (χ2n) is 11.1. The number of hydrogen-bond acceptors (Lipinski definition) is 5. The quantitative estimate of drug-likeness (QED) is 0.375. The van der Waals surface area contributed by atoms with Crippen LogP contribution >= 0.6 is 0 Å². The molecule has 2 aliphatic rings. The summed E-state index contributed by atoms with van der Waals surface area (Å²) < 4.78 is 11.8. The van der Waals surface area contributed by atoms with Gasteiger partial charge in [-0.25, -0.2) is 4.79 Å². The molecule has 1 aliphatic heterocycles. The van der Waals surface area contributed by atoms with E-state index in [1.165, 1.54) is 0 Å². The molecule has 1 fully saturated rings. The smallest absolute Gasteiger partial charge is 0.407 e. The third kappa shape index (κ3) is 6.12. The molecule has 2 amide bonds. The van der Waals surface area contributed by atoms with E-state index in [0.29, 0.717) is 12.8 Å². The average Bonchev–Trinajstić information content (AvgIpc) is 3.31. The number of carbonyl (C=O) groups is 3. The first-order valence-corrected chi connectivity index (χ1v) is 14.1. The zero-order valence-corrected chi connectivity index (χ0v) is 23.4. The molecule has 1 saturated heterocycles. The predicted molar refractivity (Wildman–Crippen MR) is 154 cm³/mol. The molecular weight excluding hydrogens is 520 g/mol. The maximum atomic E-state index is 13.7. The molecule has 1 heterocycles. The summed E-state index contributed by atoms with van der Waals surface area (Å²) >= 11 is 0. The minimum absolute atomic E-state index is 0.107. The number of aliphatic carboxylic acids is 1. The van der Waals surface area contributed by atoms with Crippen molar-refractivity contribution in [3.8, 4) is 11.1 Å². The van der Waals surface area contributed by atoms with Crippen molar-refractivity contribution < 1.29 is 29.0 Å². The summed E-state index contributed by atoms with van der Waals surface area (Å²) in [7, 11) is 0. The monoisotopic (exact) mass is 556 g/mol. The van der Waals surface area contributed by atoms with Gasteiger partial charge in [-0.1, -0.05) is 78.9 Å². The van der Waals surface area contributed by atoms with Gasteiger partial charge in [-0.05, 0) is 54.5 Å². The molecule has 41 heavy (non-hydrogen) atoms. The largest absolute Gasteiger partial charge is 0.481 e. The summed E-state index contributed by atoms with van der Waals surface area (Å²) in [5.41, 5.74) is 4.54. The first kappa shape index (κ1) is 28.4. The number of fused-ring (bicyclic) bond motifs is 3. The van der Waals surface area contributed by atoms with E-state index in [2.05, 4.69) is 17.4 Å². The van der Waals surface area contributed by atoms with E-state index in [-0.39, 0.29) is 38.1 Å². The Hall–Kier alpha value is -4.17. The highest BCUT2D eigenvalue weighted by atomic mass is 16.5. The first-order chi connectivity index (χ1) is 19.8. The van der Waals surface area contributed by atoms with Gasteiger partial charge in [-0.2, -0.15) is 0 Å². The minimum Gasteiger partial charge on any atom is -0.481 e. The lowest BCUT2D eigenvalue weighted by molar-refractivity contribution is -0.154. The maximum absolute atomic E-state index is 13.7. The summed E-state index contributed by atoms with van der Waals surface area (Å²) in [6.45, 7) is 4.43. The normalized spacial score (nSPS) is 17.2. The summed E-state index contributed by atoms with van der Waals surface area (Å²) in [4.78, 5) is 40.1. The van der Waals surface area contributed by atoms with E-state index >= 15 is 0 Å². The molecule has 0 saturated carbocycles. The molecule has 5 rings (SSSR count). The Labute approximate surface area is 240 Å². The second-order valence-corrected chi connectivity index (χ2v) is 11.1. The number of hydrogen-bond donors (Lipinski definition) is 2. The Balaban J connectivity index is 1.27. The van der Waals surface area contributed by atoms with E-state index in [4.69, 9.17) is 9.47 Å². The molecule has 3 aromatic rings. The number of nitrogens with one attached hydrogen (secondary N) is 1. The van der Waals surface area contributed by atoms with Crippen LogP contribution in [0.1, 0.15) is 49.3 Å². The van der Waals surface area contributed by atoms with Crippen molar-refractivity contribution in [1.29, 1.82) is 0 Å². The number of rotatable bonds is 9. The maximum Gasteiger partial charge on any atom is 0.407 e. The molecular formula is C33H36N2O6. The highest BCUT2D eigenvalue weighted by molar-refractivity contribution is 5.87. The molecule has 2 unspecified atom stereocenters. The lowest BCUT2D eigenvalue weighted by Crippen LogP contribution is -2.57. The molecule has 0 radical (unpaired) electrons. The second kappa shape index (κ2) is 12.1. The molecule has 2 atom stereocenters. The van der Waals surface area contributed by atoms with Crippen LogP contribution in [0.4, 0.5) is 4.79 Å². The lowest BCUT2D eigenvalue weighted by Gasteiger charge is -2.38. The third-order valence-electron chi connectivity index (χ3n) is 8.40. The molecule has 0 bridgehead atoms. The standard InChI is InChI=1S/C33H36N2O6/c1-22(40-20-23-10-4-3-5-11-23)29(30(36)35-18-16-33(2,17-19-35)31(37)38)34-32(39)41-21-28-26-14-8-6-12-24(26)25-13-7-9-15-27(25)28/h3-15,22,28-29H,16-21H2,1-2H3,(H,34,39)(H,37,38). The van der Waals surface area contributed by atoms with Crippen LogP contribution in [-0.4, -0.2) is 59.8 Å². The number of ether oxygens (including phenoxy) is 2. The molecule has 8 heteroatoms. The van der Waals surface area contributed by atoms with Gasteiger partial charge in [0, 0.05) is 19.0 Å². The number of piperidine rings is 1. The number of likely N-dealkylation sites (tertiary alicyclic amines) is 1. The van der Waals surface area contributed by atoms with Crippen molar-refractivity contribution in [2.75, 3.05) is 19.7 Å². The highest BCUT2D eigenvalue weighted by Gasteiger charge is 2.41. The number of alkyl carbamates (subject to hydrolysis) is 1. The lowest BCUT2D eigenvalue weighted by atomic mass is 9.80. The van der Waals surface area contributed by atoms with Crippen LogP contribution in [0.15, 0.2) is 78.9 Å². The number of amides is 2. The zero-order valence-electron chi connectivity index (χ0n) is 23.4. The average molecular weight is 557 g/mol. The summed E-state index contributed by atoms with van der Waals surface area (Å²) in [6, 6.07) is 24.8. The molecule has 0 aromatic heterocycles. The minimum atomic E-state index is -0.997. The van der Waals surface area contributed by atoms with Crippen LogP contribution in [0.25, 0.3) is 11.1 Å². The topological polar surface area (TPSA) is 105 Å². The van der Waals surface area contributed by atoms with Crippen molar-refractivity contribution in [2.24, 2.45) is 5.41 Å². The fourth-order valence-corrected chi connectivity index (χ4v) is 5.68. The zero-order chi connectivity index (χ0) is 29.0. The molecule has 1 aliphatic carbocycles.